The summed E-state index contributed by atoms with van der Waals surface area (Å²) in [7, 11) is 1.55. The number of thioether (sulfide) groups is 1. The molecule has 5 nitrogen and oxygen atoms in total. The molecular formula is C20H19ClN2O3S. The standard InChI is InChI=1S/C20H19ClN2O3S/c1-11-5-8-18(26-4)17(9-11)23-19(25)15-7-6-14(21)10-16(15)22-20(23)27-13(3)12(2)24/h5-10,13H,1-4H3. The lowest BCUT2D eigenvalue weighted by atomic mass is 10.2. The Morgan fingerprint density at radius 3 is 2.67 bits per heavy atom. The van der Waals surface area contributed by atoms with Gasteiger partial charge in [0.15, 0.2) is 5.16 Å². The summed E-state index contributed by atoms with van der Waals surface area (Å²) >= 11 is 7.31. The molecule has 0 amide bonds. The Morgan fingerprint density at radius 2 is 2.00 bits per heavy atom. The number of hydrogen-bond acceptors (Lipinski definition) is 5. The van der Waals surface area contributed by atoms with E-state index in [4.69, 9.17) is 16.3 Å². The largest absolute Gasteiger partial charge is 0.495 e. The molecule has 3 rings (SSSR count). The van der Waals surface area contributed by atoms with Gasteiger partial charge in [0.1, 0.15) is 11.5 Å². The van der Waals surface area contributed by atoms with Crippen LogP contribution in [0.15, 0.2) is 46.3 Å². The molecule has 0 bridgehead atoms. The van der Waals surface area contributed by atoms with Crippen molar-refractivity contribution in [3.63, 3.8) is 0 Å². The fraction of sp³-hybridized carbons (Fsp3) is 0.250. The molecule has 0 aliphatic carbocycles. The number of methoxy groups -OCH3 is 1. The van der Waals surface area contributed by atoms with Gasteiger partial charge < -0.3 is 4.74 Å². The Balaban J connectivity index is 2.37. The van der Waals surface area contributed by atoms with Gasteiger partial charge in [0.25, 0.3) is 5.56 Å². The number of ketones is 1. The Hall–Kier alpha value is -2.31. The van der Waals surface area contributed by atoms with Crippen LogP contribution in [0.4, 0.5) is 0 Å². The monoisotopic (exact) mass is 402 g/mol. The number of nitrogens with zero attached hydrogens (tertiary/aromatic N) is 2. The Bertz CT molecular complexity index is 1090. The first-order valence-electron chi connectivity index (χ1n) is 8.36. The minimum absolute atomic E-state index is 0.00296. The van der Waals surface area contributed by atoms with Gasteiger partial charge in [-0.2, -0.15) is 0 Å². The highest BCUT2D eigenvalue weighted by Gasteiger charge is 2.20. The molecule has 0 spiro atoms. The molecule has 140 valence electrons. The lowest BCUT2D eigenvalue weighted by molar-refractivity contribution is -0.116. The van der Waals surface area contributed by atoms with Gasteiger partial charge in [-0.05, 0) is 56.7 Å². The highest BCUT2D eigenvalue weighted by Crippen LogP contribution is 2.30. The van der Waals surface area contributed by atoms with Crippen LogP contribution in [-0.4, -0.2) is 27.7 Å². The van der Waals surface area contributed by atoms with Crippen LogP contribution < -0.4 is 10.3 Å². The third-order valence-corrected chi connectivity index (χ3v) is 5.64. The fourth-order valence-electron chi connectivity index (χ4n) is 2.65. The van der Waals surface area contributed by atoms with Gasteiger partial charge in [0.2, 0.25) is 0 Å². The second kappa shape index (κ2) is 7.74. The van der Waals surface area contributed by atoms with Crippen LogP contribution >= 0.6 is 23.4 Å². The van der Waals surface area contributed by atoms with Gasteiger partial charge in [-0.1, -0.05) is 29.4 Å². The number of benzene rings is 2. The van der Waals surface area contributed by atoms with Crippen LogP contribution in [0, 0.1) is 6.92 Å². The summed E-state index contributed by atoms with van der Waals surface area (Å²) < 4.78 is 6.97. The number of aryl methyl sites for hydroxylation is 1. The summed E-state index contributed by atoms with van der Waals surface area (Å²) in [6.07, 6.45) is 0. The number of halogens is 1. The third kappa shape index (κ3) is 3.87. The van der Waals surface area contributed by atoms with Gasteiger partial charge in [-0.3, -0.25) is 14.2 Å². The molecule has 0 fully saturated rings. The average Bonchev–Trinajstić information content (AvgIpc) is 2.61. The Morgan fingerprint density at radius 1 is 1.26 bits per heavy atom. The summed E-state index contributed by atoms with van der Waals surface area (Å²) in [5.74, 6) is 0.554. The molecule has 0 saturated carbocycles. The molecule has 3 aromatic rings. The minimum atomic E-state index is -0.351. The smallest absolute Gasteiger partial charge is 0.266 e. The lowest BCUT2D eigenvalue weighted by Crippen LogP contribution is -2.24. The second-order valence-corrected chi connectivity index (χ2v) is 7.99. The maximum atomic E-state index is 13.3. The van der Waals surface area contributed by atoms with Crippen LogP contribution in [-0.2, 0) is 4.79 Å². The molecule has 1 aromatic heterocycles. The molecular weight excluding hydrogens is 384 g/mol. The highest BCUT2D eigenvalue weighted by molar-refractivity contribution is 8.00. The van der Waals surface area contributed by atoms with E-state index in [1.54, 1.807) is 32.2 Å². The quantitative estimate of drug-likeness (QED) is 0.466. The Kier molecular flexibility index (Phi) is 5.58. The van der Waals surface area contributed by atoms with E-state index in [2.05, 4.69) is 4.98 Å². The van der Waals surface area contributed by atoms with Crippen molar-refractivity contribution in [2.24, 2.45) is 0 Å². The third-order valence-electron chi connectivity index (χ3n) is 4.23. The minimum Gasteiger partial charge on any atom is -0.495 e. The molecule has 2 aromatic carbocycles. The first kappa shape index (κ1) is 19.5. The van der Waals surface area contributed by atoms with E-state index in [0.29, 0.717) is 32.5 Å². The summed E-state index contributed by atoms with van der Waals surface area (Å²) in [4.78, 5) is 29.7. The SMILES string of the molecule is COc1ccc(C)cc1-n1c(SC(C)C(C)=O)nc2cc(Cl)ccc2c1=O. The number of hydrogen-bond donors (Lipinski definition) is 0. The van der Waals surface area contributed by atoms with Crippen LogP contribution in [0.3, 0.4) is 0 Å². The van der Waals surface area contributed by atoms with Gasteiger partial charge >= 0.3 is 0 Å². The lowest BCUT2D eigenvalue weighted by Gasteiger charge is -2.17. The molecule has 0 aliphatic rings. The van der Waals surface area contributed by atoms with Crippen LogP contribution in [0.25, 0.3) is 16.6 Å². The maximum Gasteiger partial charge on any atom is 0.266 e. The van der Waals surface area contributed by atoms with Crippen molar-refractivity contribution in [3.05, 3.63) is 57.3 Å². The van der Waals surface area contributed by atoms with Crippen molar-refractivity contribution >= 4 is 40.0 Å². The predicted molar refractivity (Wildman–Crippen MR) is 110 cm³/mol. The maximum absolute atomic E-state index is 13.3. The number of fused-ring (bicyclic) bond motifs is 1. The number of rotatable bonds is 5. The molecule has 1 heterocycles. The summed E-state index contributed by atoms with van der Waals surface area (Å²) in [6.45, 7) is 5.25. The molecule has 0 aliphatic heterocycles. The van der Waals surface area contributed by atoms with Crippen molar-refractivity contribution in [3.8, 4) is 11.4 Å². The molecule has 7 heteroatoms. The Labute approximate surface area is 166 Å². The zero-order valence-electron chi connectivity index (χ0n) is 15.4. The highest BCUT2D eigenvalue weighted by atomic mass is 35.5. The summed E-state index contributed by atoms with van der Waals surface area (Å²) in [6, 6.07) is 10.6. The number of Topliss-reactive ketones (excluding diaryl/α,β-unsaturated/α-hetero) is 1. The van der Waals surface area contributed by atoms with E-state index < -0.39 is 0 Å². The number of ether oxygens (including phenoxy) is 1. The van der Waals surface area contributed by atoms with Crippen LogP contribution in [0.1, 0.15) is 19.4 Å². The van der Waals surface area contributed by atoms with E-state index in [-0.39, 0.29) is 16.6 Å². The van der Waals surface area contributed by atoms with Gasteiger partial charge in [-0.25, -0.2) is 4.98 Å². The normalized spacial score (nSPS) is 12.2. The molecule has 0 N–H and O–H groups in total. The zero-order valence-corrected chi connectivity index (χ0v) is 17.0. The van der Waals surface area contributed by atoms with Gasteiger partial charge in [-0.15, -0.1) is 0 Å². The molecule has 1 atom stereocenters. The molecule has 0 radical (unpaired) electrons. The summed E-state index contributed by atoms with van der Waals surface area (Å²) in [5.41, 5.74) is 1.82. The first-order valence-corrected chi connectivity index (χ1v) is 9.62. The van der Waals surface area contributed by atoms with E-state index in [0.717, 1.165) is 5.56 Å². The van der Waals surface area contributed by atoms with E-state index >= 15 is 0 Å². The van der Waals surface area contributed by atoms with Crippen LogP contribution in [0.5, 0.6) is 5.75 Å². The topological polar surface area (TPSA) is 61.2 Å². The number of carbonyl (C=O) groups excluding carboxylic acids is 1. The van der Waals surface area contributed by atoms with Crippen molar-refractivity contribution in [2.75, 3.05) is 7.11 Å². The van der Waals surface area contributed by atoms with Crippen molar-refractivity contribution in [2.45, 2.75) is 31.2 Å². The van der Waals surface area contributed by atoms with Crippen molar-refractivity contribution in [1.29, 1.82) is 0 Å². The van der Waals surface area contributed by atoms with Gasteiger partial charge in [0.05, 0.1) is 29.0 Å². The van der Waals surface area contributed by atoms with Crippen molar-refractivity contribution in [1.82, 2.24) is 9.55 Å². The number of aromatic nitrogens is 2. The molecule has 0 saturated heterocycles. The van der Waals surface area contributed by atoms with Gasteiger partial charge in [0, 0.05) is 5.02 Å². The van der Waals surface area contributed by atoms with E-state index in [1.807, 2.05) is 25.1 Å². The molecule has 1 unspecified atom stereocenters. The fourth-order valence-corrected chi connectivity index (χ4v) is 3.73. The summed E-state index contributed by atoms with van der Waals surface area (Å²) in [5, 5.41) is 1.01. The zero-order chi connectivity index (χ0) is 19.7. The first-order chi connectivity index (χ1) is 12.8. The second-order valence-electron chi connectivity index (χ2n) is 6.24. The average molecular weight is 403 g/mol. The van der Waals surface area contributed by atoms with Crippen molar-refractivity contribution < 1.29 is 9.53 Å². The van der Waals surface area contributed by atoms with E-state index in [1.165, 1.54) is 23.3 Å². The van der Waals surface area contributed by atoms with E-state index in [9.17, 15) is 9.59 Å². The molecule has 27 heavy (non-hydrogen) atoms. The van der Waals surface area contributed by atoms with Crippen LogP contribution in [0.2, 0.25) is 5.02 Å². The number of carbonyl (C=O) groups is 1. The predicted octanol–water partition coefficient (Wildman–Crippen LogP) is 4.43.